The largest absolute Gasteiger partial charge is 0.394 e. The Morgan fingerprint density at radius 1 is 0.754 bits per heavy atom. The molecule has 13 N–H and O–H groups in total. The highest BCUT2D eigenvalue weighted by Gasteiger charge is 2.53. The van der Waals surface area contributed by atoms with Gasteiger partial charge < -0.3 is 94.8 Å². The average Bonchev–Trinajstić information content (AvgIpc) is 3.30. The zero-order valence-electron chi connectivity index (χ0n) is 40.8. The topological polar surface area (TPSA) is 353 Å². The summed E-state index contributed by atoms with van der Waals surface area (Å²) in [5.41, 5.74) is -0.653. The molecule has 0 aromatic heterocycles. The molecule has 4 fully saturated rings. The van der Waals surface area contributed by atoms with Crippen LogP contribution in [0.4, 0.5) is 0 Å². The van der Waals surface area contributed by atoms with Gasteiger partial charge in [0.15, 0.2) is 24.7 Å². The van der Waals surface area contributed by atoms with Crippen LogP contribution < -0.4 is 0 Å². The number of ether oxygens (including phenoxy) is 6. The average molecular weight is 993 g/mol. The highest BCUT2D eigenvalue weighted by molar-refractivity contribution is 5.86. The number of ketones is 1. The second kappa shape index (κ2) is 25.6. The van der Waals surface area contributed by atoms with Crippen LogP contribution in [0, 0.1) is 11.3 Å². The zero-order chi connectivity index (χ0) is 51.8. The highest BCUT2D eigenvalue weighted by Crippen LogP contribution is 2.55. The van der Waals surface area contributed by atoms with E-state index in [-0.39, 0.29) is 31.1 Å². The van der Waals surface area contributed by atoms with E-state index in [1.807, 2.05) is 26.0 Å². The van der Waals surface area contributed by atoms with Crippen LogP contribution in [-0.2, 0) is 38.0 Å². The monoisotopic (exact) mass is 993 g/mol. The third-order valence-corrected chi connectivity index (χ3v) is 14.7. The number of hydrogen-bond donors (Lipinski definition) is 13. The van der Waals surface area contributed by atoms with Gasteiger partial charge in [0.1, 0.15) is 85.1 Å². The minimum absolute atomic E-state index is 0.0399. The van der Waals surface area contributed by atoms with Crippen molar-refractivity contribution in [1.29, 1.82) is 0 Å². The van der Waals surface area contributed by atoms with Gasteiger partial charge in [-0.1, -0.05) is 30.2 Å². The van der Waals surface area contributed by atoms with Crippen LogP contribution in [0.5, 0.6) is 0 Å². The number of Topliss-reactive ketones (excluding diaryl/α,β-unsaturated/α-hetero) is 1. The van der Waals surface area contributed by atoms with Crippen molar-refractivity contribution in [3.05, 3.63) is 34.4 Å². The van der Waals surface area contributed by atoms with E-state index in [9.17, 15) is 76.0 Å². The van der Waals surface area contributed by atoms with Crippen LogP contribution in [0.25, 0.3) is 0 Å². The summed E-state index contributed by atoms with van der Waals surface area (Å²) in [6.07, 6.45) is -16.6. The van der Waals surface area contributed by atoms with E-state index < -0.39 is 135 Å². The van der Waals surface area contributed by atoms with Crippen molar-refractivity contribution >= 4 is 12.1 Å². The van der Waals surface area contributed by atoms with Crippen LogP contribution in [-0.4, -0.2) is 214 Å². The molecule has 0 amide bonds. The third kappa shape index (κ3) is 14.5. The number of aldehydes is 1. The Morgan fingerprint density at radius 3 is 1.83 bits per heavy atom. The lowest BCUT2D eigenvalue weighted by atomic mass is 9.54. The molecule has 0 unspecified atom stereocenters. The standard InChI is InChI=1S/C48H80O21/c1-24(13-15-33(52)46(4,5)62)12-14-29(66-45-42(61)38(57)35(54)31(22-51)68-45)25(2)10-8-17-47(6)28(27(26(3)20-49)16-18-48(47,7)63)11-9-19-64-43-40(59)39(58)36(55)32(69-43)23-65-44-41(60)37(56)34(53)30(21-50)67-44/h10,12,20,28-32,34-45,50-51,53-63H,8-9,11,13-19,21-23H2,1-7H3/b24-12+,25-10+,27-26+/t28-,29-,30-,31-,32-,34-,35-,36-,37+,38+,39+,40-,41-,42-,43-,44-,45-,47+,48+/m1/s1. The summed E-state index contributed by atoms with van der Waals surface area (Å²) in [6, 6.07) is 0. The molecule has 1 saturated carbocycles. The minimum Gasteiger partial charge on any atom is -0.394 e. The molecule has 0 radical (unpaired) electrons. The molecule has 0 aromatic carbocycles. The Hall–Kier alpha value is -2.20. The lowest BCUT2D eigenvalue weighted by Gasteiger charge is -2.53. The van der Waals surface area contributed by atoms with Crippen LogP contribution in [0.3, 0.4) is 0 Å². The molecule has 21 nitrogen and oxygen atoms in total. The van der Waals surface area contributed by atoms with Gasteiger partial charge in [-0.2, -0.15) is 0 Å². The molecule has 4 rings (SSSR count). The maximum Gasteiger partial charge on any atom is 0.187 e. The molecule has 3 saturated heterocycles. The van der Waals surface area contributed by atoms with Crippen molar-refractivity contribution in [2.75, 3.05) is 26.4 Å². The molecule has 19 atom stereocenters. The number of aliphatic hydroxyl groups is 13. The number of rotatable bonds is 23. The molecule has 21 heteroatoms. The Kier molecular flexibility index (Phi) is 22.1. The number of carbonyl (C=O) groups excluding carboxylic acids is 2. The molecular formula is C48H80O21. The van der Waals surface area contributed by atoms with Gasteiger partial charge in [-0.3, -0.25) is 9.59 Å². The molecule has 398 valence electrons. The Bertz CT molecular complexity index is 1740. The second-order valence-electron chi connectivity index (χ2n) is 20.2. The van der Waals surface area contributed by atoms with Gasteiger partial charge in [0.2, 0.25) is 0 Å². The molecule has 0 aromatic rings. The molecule has 4 aliphatic rings. The smallest absolute Gasteiger partial charge is 0.187 e. The summed E-state index contributed by atoms with van der Waals surface area (Å²) >= 11 is 0. The summed E-state index contributed by atoms with van der Waals surface area (Å²) in [5.74, 6) is -0.682. The van der Waals surface area contributed by atoms with Gasteiger partial charge in [0.25, 0.3) is 0 Å². The van der Waals surface area contributed by atoms with Gasteiger partial charge in [-0.15, -0.1) is 0 Å². The fraction of sp³-hybridized carbons (Fsp3) is 0.833. The Labute approximate surface area is 403 Å². The summed E-state index contributed by atoms with van der Waals surface area (Å²) in [4.78, 5) is 24.7. The van der Waals surface area contributed by atoms with E-state index in [1.54, 1.807) is 20.8 Å². The van der Waals surface area contributed by atoms with E-state index in [2.05, 4.69) is 0 Å². The molecular weight excluding hydrogens is 913 g/mol. The normalized spacial score (nSPS) is 40.6. The number of allylic oxidation sites excluding steroid dienone is 4. The number of aliphatic hydroxyl groups excluding tert-OH is 11. The van der Waals surface area contributed by atoms with Crippen molar-refractivity contribution in [1.82, 2.24) is 0 Å². The van der Waals surface area contributed by atoms with Crippen LogP contribution >= 0.6 is 0 Å². The maximum atomic E-state index is 12.4. The summed E-state index contributed by atoms with van der Waals surface area (Å²) in [6.45, 7) is 9.99. The molecule has 0 bridgehead atoms. The van der Waals surface area contributed by atoms with Crippen LogP contribution in [0.15, 0.2) is 34.4 Å². The van der Waals surface area contributed by atoms with Gasteiger partial charge in [-0.25, -0.2) is 0 Å². The van der Waals surface area contributed by atoms with Gasteiger partial charge in [0.05, 0.1) is 31.5 Å². The van der Waals surface area contributed by atoms with Gasteiger partial charge >= 0.3 is 0 Å². The van der Waals surface area contributed by atoms with Gasteiger partial charge in [-0.05, 0) is 110 Å². The molecule has 0 spiro atoms. The van der Waals surface area contributed by atoms with E-state index in [4.69, 9.17) is 28.4 Å². The van der Waals surface area contributed by atoms with Crippen LogP contribution in [0.2, 0.25) is 0 Å². The Morgan fingerprint density at radius 2 is 1.28 bits per heavy atom. The predicted octanol–water partition coefficient (Wildman–Crippen LogP) is -1.54. The fourth-order valence-corrected chi connectivity index (χ4v) is 9.60. The fourth-order valence-electron chi connectivity index (χ4n) is 9.60. The van der Waals surface area contributed by atoms with Crippen molar-refractivity contribution in [2.24, 2.45) is 11.3 Å². The lowest BCUT2D eigenvalue weighted by Crippen LogP contribution is -2.61. The minimum atomic E-state index is -1.75. The number of carbonyl (C=O) groups is 2. The molecule has 69 heavy (non-hydrogen) atoms. The summed E-state index contributed by atoms with van der Waals surface area (Å²) in [7, 11) is 0. The Balaban J connectivity index is 1.49. The van der Waals surface area contributed by atoms with E-state index in [0.717, 1.165) is 17.4 Å². The first-order valence-electron chi connectivity index (χ1n) is 23.9. The highest BCUT2D eigenvalue weighted by atomic mass is 16.7. The summed E-state index contributed by atoms with van der Waals surface area (Å²) in [5, 5.41) is 136. The molecule has 3 heterocycles. The first-order valence-corrected chi connectivity index (χ1v) is 23.9. The first kappa shape index (κ1) is 59.4. The van der Waals surface area contributed by atoms with Gasteiger partial charge in [0, 0.05) is 18.4 Å². The quantitative estimate of drug-likeness (QED) is 0.0239. The zero-order valence-corrected chi connectivity index (χ0v) is 40.8. The summed E-state index contributed by atoms with van der Waals surface area (Å²) < 4.78 is 34.5. The first-order chi connectivity index (χ1) is 32.2. The SMILES string of the molecule is C/C(=C\C[C@@H](O[C@@H]1O[C@H](CO)[C@@H](O)[C@H](O)[C@H]1O)/C(C)=C/CC[C@@]1(C)[C@H](CCCO[C@@H]2O[C@H](CO[C@@H]3O[C@H](CO)[C@@H](O)[C@H](O)[C@H]3O)[C@@H](O)[C@H](O)[C@H]2O)/C(=C(\C)C=O)CC[C@]1(C)O)CCC(=O)C(C)(C)O. The number of hydrogen-bond acceptors (Lipinski definition) is 21. The van der Waals surface area contributed by atoms with E-state index in [0.29, 0.717) is 56.1 Å². The van der Waals surface area contributed by atoms with Crippen molar-refractivity contribution in [3.8, 4) is 0 Å². The third-order valence-electron chi connectivity index (χ3n) is 14.7. The lowest BCUT2D eigenvalue weighted by molar-refractivity contribution is -0.331. The predicted molar refractivity (Wildman–Crippen MR) is 242 cm³/mol. The van der Waals surface area contributed by atoms with E-state index in [1.165, 1.54) is 13.8 Å². The van der Waals surface area contributed by atoms with E-state index >= 15 is 0 Å². The maximum absolute atomic E-state index is 12.4. The van der Waals surface area contributed by atoms with Crippen LogP contribution in [0.1, 0.15) is 106 Å². The second-order valence-corrected chi connectivity index (χ2v) is 20.2. The molecule has 3 aliphatic heterocycles. The van der Waals surface area contributed by atoms with Crippen molar-refractivity contribution < 1.29 is 104 Å². The van der Waals surface area contributed by atoms with Crippen molar-refractivity contribution in [3.63, 3.8) is 0 Å². The van der Waals surface area contributed by atoms with Crippen molar-refractivity contribution in [2.45, 2.75) is 216 Å². The molecule has 1 aliphatic carbocycles.